The summed E-state index contributed by atoms with van der Waals surface area (Å²) in [4.78, 5) is 0.299. The van der Waals surface area contributed by atoms with Crippen LogP contribution in [0.3, 0.4) is 0 Å². The maximum absolute atomic E-state index is 12.7. The number of aryl methyl sites for hydroxylation is 1. The predicted octanol–water partition coefficient (Wildman–Crippen LogP) is 2.43. The Bertz CT molecular complexity index is 586. The Kier molecular flexibility index (Phi) is 4.74. The van der Waals surface area contributed by atoms with Gasteiger partial charge in [-0.05, 0) is 56.4 Å². The van der Waals surface area contributed by atoms with E-state index in [0.717, 1.165) is 12.8 Å². The van der Waals surface area contributed by atoms with Crippen LogP contribution in [-0.4, -0.2) is 37.0 Å². The Balaban J connectivity index is 2.30. The van der Waals surface area contributed by atoms with Gasteiger partial charge in [0, 0.05) is 18.1 Å². The highest BCUT2D eigenvalue weighted by atomic mass is 35.5. The van der Waals surface area contributed by atoms with Gasteiger partial charge in [-0.15, -0.1) is 0 Å². The molecule has 0 aromatic heterocycles. The summed E-state index contributed by atoms with van der Waals surface area (Å²) in [6.45, 7) is 4.35. The summed E-state index contributed by atoms with van der Waals surface area (Å²) >= 11 is 5.88. The fourth-order valence-electron chi connectivity index (χ4n) is 2.63. The van der Waals surface area contributed by atoms with Gasteiger partial charge in [0.25, 0.3) is 0 Å². The summed E-state index contributed by atoms with van der Waals surface area (Å²) < 4.78 is 26.9. The van der Waals surface area contributed by atoms with Crippen molar-refractivity contribution in [2.45, 2.75) is 37.7 Å². The monoisotopic (exact) mass is 317 g/mol. The number of hydrogen-bond acceptors (Lipinski definition) is 3. The van der Waals surface area contributed by atoms with Crippen LogP contribution in [0.2, 0.25) is 5.02 Å². The van der Waals surface area contributed by atoms with Crippen molar-refractivity contribution in [2.24, 2.45) is 5.92 Å². The largest absolute Gasteiger partial charge is 0.393 e. The summed E-state index contributed by atoms with van der Waals surface area (Å²) in [7, 11) is -3.51. The number of hydrogen-bond donors (Lipinski definition) is 1. The van der Waals surface area contributed by atoms with Crippen LogP contribution in [0.1, 0.15) is 25.3 Å². The first kappa shape index (κ1) is 15.8. The molecule has 0 saturated carbocycles. The van der Waals surface area contributed by atoms with Gasteiger partial charge in [-0.1, -0.05) is 11.6 Å². The Hall–Kier alpha value is -0.620. The van der Waals surface area contributed by atoms with E-state index in [2.05, 4.69) is 0 Å². The molecule has 1 saturated heterocycles. The Labute approximate surface area is 125 Å². The number of nitrogens with zero attached hydrogens (tertiary/aromatic N) is 1. The molecule has 0 aliphatic carbocycles. The second-order valence-electron chi connectivity index (χ2n) is 5.42. The van der Waals surface area contributed by atoms with Crippen LogP contribution in [0, 0.1) is 12.8 Å². The minimum Gasteiger partial charge on any atom is -0.393 e. The van der Waals surface area contributed by atoms with Crippen LogP contribution < -0.4 is 0 Å². The molecular weight excluding hydrogens is 298 g/mol. The Morgan fingerprint density at radius 3 is 2.75 bits per heavy atom. The lowest BCUT2D eigenvalue weighted by molar-refractivity contribution is 0.0885. The molecule has 1 heterocycles. The molecule has 1 fully saturated rings. The van der Waals surface area contributed by atoms with Crippen molar-refractivity contribution in [3.8, 4) is 0 Å². The summed E-state index contributed by atoms with van der Waals surface area (Å²) in [6.07, 6.45) is 1.16. The number of benzene rings is 1. The Morgan fingerprint density at radius 1 is 1.45 bits per heavy atom. The maximum atomic E-state index is 12.7. The third-order valence-electron chi connectivity index (χ3n) is 3.86. The van der Waals surface area contributed by atoms with Gasteiger partial charge >= 0.3 is 0 Å². The third kappa shape index (κ3) is 3.17. The molecule has 2 atom stereocenters. The molecular formula is C14H20ClNO3S. The number of piperidine rings is 1. The van der Waals surface area contributed by atoms with Crippen LogP contribution >= 0.6 is 11.6 Å². The zero-order valence-electron chi connectivity index (χ0n) is 11.7. The van der Waals surface area contributed by atoms with Gasteiger partial charge in [0.1, 0.15) is 0 Å². The van der Waals surface area contributed by atoms with Crippen LogP contribution in [0.4, 0.5) is 0 Å². The molecule has 20 heavy (non-hydrogen) atoms. The van der Waals surface area contributed by atoms with Gasteiger partial charge in [0.15, 0.2) is 0 Å². The number of rotatable bonds is 3. The molecule has 0 amide bonds. The molecule has 1 aliphatic heterocycles. The molecule has 1 aromatic carbocycles. The first-order valence-electron chi connectivity index (χ1n) is 6.76. The van der Waals surface area contributed by atoms with Crippen molar-refractivity contribution in [2.75, 3.05) is 13.1 Å². The molecule has 2 unspecified atom stereocenters. The van der Waals surface area contributed by atoms with Crippen LogP contribution in [0.25, 0.3) is 0 Å². The average molecular weight is 318 g/mol. The maximum Gasteiger partial charge on any atom is 0.243 e. The molecule has 0 spiro atoms. The zero-order valence-corrected chi connectivity index (χ0v) is 13.3. The van der Waals surface area contributed by atoms with Crippen LogP contribution in [-0.2, 0) is 10.0 Å². The molecule has 1 N–H and O–H groups in total. The number of halogens is 1. The zero-order chi connectivity index (χ0) is 14.9. The van der Waals surface area contributed by atoms with E-state index in [9.17, 15) is 13.5 Å². The predicted molar refractivity (Wildman–Crippen MR) is 79.4 cm³/mol. The number of aliphatic hydroxyl groups is 1. The van der Waals surface area contributed by atoms with Crippen LogP contribution in [0.5, 0.6) is 0 Å². The third-order valence-corrected chi connectivity index (χ3v) is 6.12. The highest BCUT2D eigenvalue weighted by Gasteiger charge is 2.32. The molecule has 0 radical (unpaired) electrons. The lowest BCUT2D eigenvalue weighted by atomic mass is 9.95. The summed E-state index contributed by atoms with van der Waals surface area (Å²) in [5, 5.41) is 10.2. The number of sulfonamides is 1. The van der Waals surface area contributed by atoms with E-state index in [1.165, 1.54) is 4.31 Å². The average Bonchev–Trinajstić information content (AvgIpc) is 2.38. The first-order valence-corrected chi connectivity index (χ1v) is 8.58. The normalized spacial score (nSPS) is 22.7. The second-order valence-corrected chi connectivity index (χ2v) is 7.76. The van der Waals surface area contributed by atoms with Crippen molar-refractivity contribution >= 4 is 21.6 Å². The van der Waals surface area contributed by atoms with Gasteiger partial charge in [-0.25, -0.2) is 8.42 Å². The van der Waals surface area contributed by atoms with E-state index < -0.39 is 16.1 Å². The molecule has 1 aliphatic rings. The molecule has 6 heteroatoms. The van der Waals surface area contributed by atoms with E-state index in [-0.39, 0.29) is 5.92 Å². The van der Waals surface area contributed by atoms with E-state index in [1.54, 1.807) is 32.0 Å². The van der Waals surface area contributed by atoms with E-state index in [1.807, 2.05) is 0 Å². The smallest absolute Gasteiger partial charge is 0.243 e. The topological polar surface area (TPSA) is 57.6 Å². The van der Waals surface area contributed by atoms with Crippen molar-refractivity contribution in [1.82, 2.24) is 4.31 Å². The Morgan fingerprint density at radius 2 is 2.15 bits per heavy atom. The summed E-state index contributed by atoms with van der Waals surface area (Å²) in [5.74, 6) is 0.00568. The SMILES string of the molecule is Cc1cc(Cl)ccc1S(=O)(=O)N1CCCC(C(C)O)C1. The van der Waals surface area contributed by atoms with Crippen molar-refractivity contribution in [3.63, 3.8) is 0 Å². The minimum absolute atomic E-state index is 0.00568. The standard InChI is InChI=1S/C14H20ClNO3S/c1-10-8-13(15)5-6-14(10)20(18,19)16-7-3-4-12(9-16)11(2)17/h5-6,8,11-12,17H,3-4,7,9H2,1-2H3. The van der Waals surface area contributed by atoms with E-state index in [0.29, 0.717) is 28.6 Å². The molecule has 2 rings (SSSR count). The molecule has 1 aromatic rings. The van der Waals surface area contributed by atoms with Gasteiger partial charge in [-0.2, -0.15) is 4.31 Å². The molecule has 112 valence electrons. The van der Waals surface area contributed by atoms with Gasteiger partial charge in [0.05, 0.1) is 11.0 Å². The van der Waals surface area contributed by atoms with E-state index in [4.69, 9.17) is 11.6 Å². The highest BCUT2D eigenvalue weighted by molar-refractivity contribution is 7.89. The van der Waals surface area contributed by atoms with E-state index >= 15 is 0 Å². The van der Waals surface area contributed by atoms with Gasteiger partial charge < -0.3 is 5.11 Å². The minimum atomic E-state index is -3.51. The summed E-state index contributed by atoms with van der Waals surface area (Å²) in [5.41, 5.74) is 0.650. The van der Waals surface area contributed by atoms with Crippen molar-refractivity contribution in [3.05, 3.63) is 28.8 Å². The lowest BCUT2D eigenvalue weighted by Crippen LogP contribution is -2.43. The highest BCUT2D eigenvalue weighted by Crippen LogP contribution is 2.28. The van der Waals surface area contributed by atoms with Gasteiger partial charge in [-0.3, -0.25) is 0 Å². The van der Waals surface area contributed by atoms with Crippen molar-refractivity contribution in [1.29, 1.82) is 0 Å². The number of aliphatic hydroxyl groups excluding tert-OH is 1. The van der Waals surface area contributed by atoms with Gasteiger partial charge in [0.2, 0.25) is 10.0 Å². The fourth-order valence-corrected chi connectivity index (χ4v) is 4.60. The van der Waals surface area contributed by atoms with Crippen molar-refractivity contribution < 1.29 is 13.5 Å². The lowest BCUT2D eigenvalue weighted by Gasteiger charge is -2.33. The first-order chi connectivity index (χ1) is 9.32. The summed E-state index contributed by atoms with van der Waals surface area (Å²) in [6, 6.07) is 4.81. The fraction of sp³-hybridized carbons (Fsp3) is 0.571. The quantitative estimate of drug-likeness (QED) is 0.931. The molecule has 4 nitrogen and oxygen atoms in total. The molecule has 0 bridgehead atoms. The van der Waals surface area contributed by atoms with Crippen LogP contribution in [0.15, 0.2) is 23.1 Å². The second kappa shape index (κ2) is 6.02.